The highest BCUT2D eigenvalue weighted by atomic mass is 32.2. The fourth-order valence-electron chi connectivity index (χ4n) is 1.19. The molecule has 1 aromatic carbocycles. The normalized spacial score (nSPS) is 10.6. The maximum Gasteiger partial charge on any atom is 0.195 e. The number of sulfone groups is 1. The minimum atomic E-state index is -3.65. The summed E-state index contributed by atoms with van der Waals surface area (Å²) in [6, 6.07) is 6.03. The van der Waals surface area contributed by atoms with Crippen LogP contribution >= 0.6 is 0 Å². The molecule has 0 amide bonds. The summed E-state index contributed by atoms with van der Waals surface area (Å²) in [7, 11) is -0.851. The molecule has 5 nitrogen and oxygen atoms in total. The summed E-state index contributed by atoms with van der Waals surface area (Å²) in [5.41, 5.74) is 0. The molecular weight excluding hydrogens is 230 g/mol. The predicted octanol–water partition coefficient (Wildman–Crippen LogP) is 1.00. The zero-order valence-electron chi connectivity index (χ0n) is 8.93. The van der Waals surface area contributed by atoms with Crippen LogP contribution in [0.3, 0.4) is 0 Å². The van der Waals surface area contributed by atoms with Crippen LogP contribution in [0, 0.1) is 11.3 Å². The molecule has 0 N–H and O–H groups in total. The van der Waals surface area contributed by atoms with Crippen molar-refractivity contribution in [1.29, 1.82) is 5.26 Å². The lowest BCUT2D eigenvalue weighted by atomic mass is 10.3. The molecule has 0 aliphatic carbocycles. The van der Waals surface area contributed by atoms with Crippen molar-refractivity contribution in [2.45, 2.75) is 4.90 Å². The number of benzene rings is 1. The molecule has 0 radical (unpaired) electrons. The average Bonchev–Trinajstić information content (AvgIpc) is 2.28. The van der Waals surface area contributed by atoms with E-state index in [1.165, 1.54) is 26.4 Å². The molecule has 0 bridgehead atoms. The van der Waals surface area contributed by atoms with Gasteiger partial charge in [-0.15, -0.1) is 0 Å². The highest BCUT2D eigenvalue weighted by Gasteiger charge is 2.20. The third-order valence-electron chi connectivity index (χ3n) is 1.96. The smallest absolute Gasteiger partial charge is 0.195 e. The number of nitriles is 1. The zero-order chi connectivity index (χ0) is 12.2. The fraction of sp³-hybridized carbons (Fsp3) is 0.300. The van der Waals surface area contributed by atoms with E-state index in [9.17, 15) is 8.42 Å². The van der Waals surface area contributed by atoms with E-state index in [4.69, 9.17) is 14.7 Å². The second-order valence-corrected chi connectivity index (χ2v) is 4.89. The van der Waals surface area contributed by atoms with Crippen molar-refractivity contribution >= 4 is 9.84 Å². The second kappa shape index (κ2) is 4.86. The van der Waals surface area contributed by atoms with Crippen molar-refractivity contribution in [3.63, 3.8) is 0 Å². The first-order chi connectivity index (χ1) is 7.55. The van der Waals surface area contributed by atoms with Crippen LogP contribution < -0.4 is 9.47 Å². The Morgan fingerprint density at radius 1 is 1.31 bits per heavy atom. The number of methoxy groups -OCH3 is 2. The van der Waals surface area contributed by atoms with Crippen molar-refractivity contribution < 1.29 is 17.9 Å². The Kier molecular flexibility index (Phi) is 3.74. The van der Waals surface area contributed by atoms with Gasteiger partial charge in [0.05, 0.1) is 20.3 Å². The van der Waals surface area contributed by atoms with E-state index in [2.05, 4.69) is 0 Å². The van der Waals surface area contributed by atoms with E-state index in [1.54, 1.807) is 12.1 Å². The van der Waals surface area contributed by atoms with Crippen molar-refractivity contribution in [3.05, 3.63) is 18.2 Å². The lowest BCUT2D eigenvalue weighted by Crippen LogP contribution is -2.07. The molecular formula is C10H11NO4S. The van der Waals surface area contributed by atoms with Crippen LogP contribution in [0.4, 0.5) is 0 Å². The standard InChI is InChI=1S/C10H11NO4S/c1-14-8-3-4-9(15-2)10(7-8)16(12,13)6-5-11/h3-4,7H,6H2,1-2H3. The van der Waals surface area contributed by atoms with Crippen LogP contribution in [-0.4, -0.2) is 28.4 Å². The maximum absolute atomic E-state index is 11.7. The molecule has 0 saturated heterocycles. The van der Waals surface area contributed by atoms with Crippen molar-refractivity contribution in [2.24, 2.45) is 0 Å². The first-order valence-electron chi connectivity index (χ1n) is 4.37. The Hall–Kier alpha value is -1.74. The monoisotopic (exact) mass is 241 g/mol. The minimum Gasteiger partial charge on any atom is -0.497 e. The van der Waals surface area contributed by atoms with Crippen molar-refractivity contribution in [1.82, 2.24) is 0 Å². The van der Waals surface area contributed by atoms with Crippen LogP contribution in [0.25, 0.3) is 0 Å². The molecule has 1 aromatic rings. The molecule has 0 saturated carbocycles. The molecule has 0 atom stereocenters. The van der Waals surface area contributed by atoms with E-state index in [1.807, 2.05) is 0 Å². The average molecular weight is 241 g/mol. The third-order valence-corrected chi connectivity index (χ3v) is 3.46. The Balaban J connectivity index is 3.36. The molecule has 0 unspecified atom stereocenters. The number of hydrogen-bond donors (Lipinski definition) is 0. The summed E-state index contributed by atoms with van der Waals surface area (Å²) < 4.78 is 33.3. The minimum absolute atomic E-state index is 0.0316. The van der Waals surface area contributed by atoms with Gasteiger partial charge in [-0.1, -0.05) is 0 Å². The van der Waals surface area contributed by atoms with E-state index in [-0.39, 0.29) is 10.6 Å². The molecule has 0 spiro atoms. The number of rotatable bonds is 4. The molecule has 16 heavy (non-hydrogen) atoms. The van der Waals surface area contributed by atoms with Crippen molar-refractivity contribution in [2.75, 3.05) is 20.0 Å². The quantitative estimate of drug-likeness (QED) is 0.786. The SMILES string of the molecule is COc1ccc(OC)c(S(=O)(=O)CC#N)c1. The van der Waals surface area contributed by atoms with Gasteiger partial charge in [0, 0.05) is 6.07 Å². The Morgan fingerprint density at radius 2 is 2.00 bits per heavy atom. The summed E-state index contributed by atoms with van der Waals surface area (Å²) >= 11 is 0. The van der Waals surface area contributed by atoms with Gasteiger partial charge in [-0.05, 0) is 12.1 Å². The van der Waals surface area contributed by atoms with Crippen LogP contribution in [0.1, 0.15) is 0 Å². The zero-order valence-corrected chi connectivity index (χ0v) is 9.74. The van der Waals surface area contributed by atoms with Gasteiger partial charge in [-0.3, -0.25) is 0 Å². The number of ether oxygens (including phenoxy) is 2. The van der Waals surface area contributed by atoms with E-state index in [0.717, 1.165) is 0 Å². The summed E-state index contributed by atoms with van der Waals surface area (Å²) in [6.45, 7) is 0. The van der Waals surface area contributed by atoms with Gasteiger partial charge in [0.1, 0.15) is 22.1 Å². The number of nitrogens with zero attached hydrogens (tertiary/aromatic N) is 1. The molecule has 86 valence electrons. The molecule has 1 rings (SSSR count). The third kappa shape index (κ3) is 2.44. The summed E-state index contributed by atoms with van der Waals surface area (Å²) in [5, 5.41) is 8.45. The van der Waals surface area contributed by atoms with Gasteiger partial charge in [-0.2, -0.15) is 5.26 Å². The molecule has 0 heterocycles. The first kappa shape index (κ1) is 12.3. The van der Waals surface area contributed by atoms with Gasteiger partial charge < -0.3 is 9.47 Å². The lowest BCUT2D eigenvalue weighted by molar-refractivity contribution is 0.392. The number of hydrogen-bond acceptors (Lipinski definition) is 5. The topological polar surface area (TPSA) is 76.4 Å². The maximum atomic E-state index is 11.7. The second-order valence-electron chi connectivity index (χ2n) is 2.93. The largest absolute Gasteiger partial charge is 0.497 e. The Morgan fingerprint density at radius 3 is 2.50 bits per heavy atom. The fourth-order valence-corrected chi connectivity index (χ4v) is 2.27. The Bertz CT molecular complexity index is 516. The Labute approximate surface area is 94.1 Å². The first-order valence-corrected chi connectivity index (χ1v) is 6.02. The van der Waals surface area contributed by atoms with Gasteiger partial charge in [0.15, 0.2) is 9.84 Å². The van der Waals surface area contributed by atoms with Crippen LogP contribution in [0.15, 0.2) is 23.1 Å². The van der Waals surface area contributed by atoms with Gasteiger partial charge in [0.25, 0.3) is 0 Å². The van der Waals surface area contributed by atoms with Crippen LogP contribution in [-0.2, 0) is 9.84 Å². The van der Waals surface area contributed by atoms with Gasteiger partial charge in [0.2, 0.25) is 0 Å². The highest BCUT2D eigenvalue weighted by molar-refractivity contribution is 7.91. The summed E-state index contributed by atoms with van der Waals surface area (Å²) in [4.78, 5) is -0.0316. The molecule has 0 aliphatic heterocycles. The molecule has 0 aromatic heterocycles. The lowest BCUT2D eigenvalue weighted by Gasteiger charge is -2.09. The molecule has 0 aliphatic rings. The van der Waals surface area contributed by atoms with E-state index >= 15 is 0 Å². The molecule has 6 heteroatoms. The van der Waals surface area contributed by atoms with Crippen molar-refractivity contribution in [3.8, 4) is 17.6 Å². The molecule has 0 fully saturated rings. The predicted molar refractivity (Wildman–Crippen MR) is 57.2 cm³/mol. The van der Waals surface area contributed by atoms with Gasteiger partial charge in [-0.25, -0.2) is 8.42 Å². The van der Waals surface area contributed by atoms with Crippen LogP contribution in [0.5, 0.6) is 11.5 Å². The van der Waals surface area contributed by atoms with E-state index < -0.39 is 15.6 Å². The van der Waals surface area contributed by atoms with Crippen LogP contribution in [0.2, 0.25) is 0 Å². The summed E-state index contributed by atoms with van der Waals surface area (Å²) in [5.74, 6) is 0.0182. The highest BCUT2D eigenvalue weighted by Crippen LogP contribution is 2.28. The summed E-state index contributed by atoms with van der Waals surface area (Å²) in [6.07, 6.45) is 0. The van der Waals surface area contributed by atoms with Gasteiger partial charge >= 0.3 is 0 Å². The van der Waals surface area contributed by atoms with E-state index in [0.29, 0.717) is 5.75 Å².